The molecule has 3 aliphatic rings. The van der Waals surface area contributed by atoms with E-state index in [1.54, 1.807) is 0 Å². The Labute approximate surface area is 204 Å². The number of carbonyl (C=O) groups excluding carboxylic acids is 2. The molecule has 3 fully saturated rings. The maximum Gasteiger partial charge on any atom is 0.326 e. The Hall–Kier alpha value is -1.24. The molecule has 3 aliphatic carbocycles. The second kappa shape index (κ2) is 11.9. The van der Waals surface area contributed by atoms with Gasteiger partial charge in [0.2, 0.25) is 11.8 Å². The third-order valence-corrected chi connectivity index (χ3v) is 9.37. The first-order valence-corrected chi connectivity index (χ1v) is 13.8. The second-order valence-electron chi connectivity index (χ2n) is 11.2. The smallest absolute Gasteiger partial charge is 0.326 e. The molecule has 0 aliphatic heterocycles. The van der Waals surface area contributed by atoms with Crippen LogP contribution in [0.3, 0.4) is 0 Å². The molecule has 0 bridgehead atoms. The fourth-order valence-corrected chi connectivity index (χ4v) is 6.42. The molecule has 0 heterocycles. The van der Waals surface area contributed by atoms with Crippen LogP contribution in [-0.4, -0.2) is 39.7 Å². The third kappa shape index (κ3) is 6.89. The van der Waals surface area contributed by atoms with Gasteiger partial charge in [-0.05, 0) is 55.8 Å². The maximum absolute atomic E-state index is 13.3. The summed E-state index contributed by atoms with van der Waals surface area (Å²) in [6.45, 7) is 3.84. The number of aliphatic carboxylic acids is 1. The number of rotatable bonds is 9. The van der Waals surface area contributed by atoms with Crippen molar-refractivity contribution in [2.75, 3.05) is 0 Å². The Morgan fingerprint density at radius 1 is 0.909 bits per heavy atom. The summed E-state index contributed by atoms with van der Waals surface area (Å²) in [5.74, 6) is 0.465. The van der Waals surface area contributed by atoms with Gasteiger partial charge in [-0.25, -0.2) is 4.79 Å². The largest absolute Gasteiger partial charge is 0.480 e. The van der Waals surface area contributed by atoms with Crippen LogP contribution in [0.5, 0.6) is 0 Å². The normalized spacial score (nSPS) is 27.6. The molecule has 3 saturated carbocycles. The molecule has 6 nitrogen and oxygen atoms in total. The highest BCUT2D eigenvalue weighted by molar-refractivity contribution is 7.81. The number of thiol groups is 1. The Morgan fingerprint density at radius 3 is 2.03 bits per heavy atom. The molecule has 2 atom stereocenters. The highest BCUT2D eigenvalue weighted by Gasteiger charge is 2.45. The van der Waals surface area contributed by atoms with Crippen LogP contribution in [0.15, 0.2) is 0 Å². The fourth-order valence-electron chi connectivity index (χ4n) is 6.35. The zero-order valence-corrected chi connectivity index (χ0v) is 21.4. The third-order valence-electron chi connectivity index (χ3n) is 8.53. The predicted octanol–water partition coefficient (Wildman–Crippen LogP) is 4.72. The van der Waals surface area contributed by atoms with Crippen molar-refractivity contribution in [2.45, 2.75) is 121 Å². The second-order valence-corrected chi connectivity index (χ2v) is 11.8. The minimum atomic E-state index is -1.01. The van der Waals surface area contributed by atoms with Crippen molar-refractivity contribution in [1.82, 2.24) is 10.6 Å². The van der Waals surface area contributed by atoms with E-state index >= 15 is 0 Å². The molecule has 0 aromatic rings. The lowest BCUT2D eigenvalue weighted by molar-refractivity contribution is -0.144. The van der Waals surface area contributed by atoms with Gasteiger partial charge in [-0.1, -0.05) is 71.6 Å². The van der Waals surface area contributed by atoms with Crippen LogP contribution in [0.2, 0.25) is 0 Å². The van der Waals surface area contributed by atoms with Gasteiger partial charge in [0.05, 0.1) is 5.25 Å². The lowest BCUT2D eigenvalue weighted by Gasteiger charge is -2.37. The summed E-state index contributed by atoms with van der Waals surface area (Å²) in [6.07, 6.45) is 14.6. The van der Waals surface area contributed by atoms with Gasteiger partial charge < -0.3 is 15.7 Å². The van der Waals surface area contributed by atoms with Crippen LogP contribution in [0.1, 0.15) is 104 Å². The maximum atomic E-state index is 13.3. The van der Waals surface area contributed by atoms with Gasteiger partial charge in [0.15, 0.2) is 0 Å². The molecule has 0 spiro atoms. The van der Waals surface area contributed by atoms with Gasteiger partial charge >= 0.3 is 5.97 Å². The minimum Gasteiger partial charge on any atom is -0.480 e. The molecule has 0 aromatic carbocycles. The highest BCUT2D eigenvalue weighted by atomic mass is 32.1. The molecular formula is C26H44N2O4S. The number of carbonyl (C=O) groups is 3. The summed E-state index contributed by atoms with van der Waals surface area (Å²) < 4.78 is 0. The summed E-state index contributed by atoms with van der Waals surface area (Å²) in [7, 11) is 0. The molecule has 2 unspecified atom stereocenters. The van der Waals surface area contributed by atoms with Crippen molar-refractivity contribution >= 4 is 30.4 Å². The molecule has 7 heteroatoms. The van der Waals surface area contributed by atoms with Gasteiger partial charge in [-0.15, -0.1) is 0 Å². The number of carboxylic acid groups (broad SMARTS) is 1. The fraction of sp³-hybridized carbons (Fsp3) is 0.885. The molecule has 2 amide bonds. The first-order chi connectivity index (χ1) is 15.7. The van der Waals surface area contributed by atoms with Crippen molar-refractivity contribution in [3.8, 4) is 0 Å². The number of amides is 2. The molecule has 0 saturated heterocycles. The van der Waals surface area contributed by atoms with Crippen molar-refractivity contribution in [2.24, 2.45) is 23.7 Å². The zero-order valence-electron chi connectivity index (χ0n) is 20.5. The summed E-state index contributed by atoms with van der Waals surface area (Å²) in [4.78, 5) is 38.0. The van der Waals surface area contributed by atoms with Gasteiger partial charge in [0.25, 0.3) is 0 Å². The van der Waals surface area contributed by atoms with E-state index < -0.39 is 22.8 Å². The Morgan fingerprint density at radius 2 is 1.48 bits per heavy atom. The van der Waals surface area contributed by atoms with E-state index in [-0.39, 0.29) is 17.7 Å². The summed E-state index contributed by atoms with van der Waals surface area (Å²) in [5, 5.41) is 15.1. The van der Waals surface area contributed by atoms with Gasteiger partial charge in [-0.2, -0.15) is 12.6 Å². The van der Waals surface area contributed by atoms with Crippen LogP contribution < -0.4 is 10.6 Å². The van der Waals surface area contributed by atoms with Gasteiger partial charge in [-0.3, -0.25) is 9.59 Å². The van der Waals surface area contributed by atoms with E-state index in [1.165, 1.54) is 44.9 Å². The molecule has 0 aromatic heterocycles. The highest BCUT2D eigenvalue weighted by Crippen LogP contribution is 2.41. The molecule has 3 rings (SSSR count). The van der Waals surface area contributed by atoms with E-state index in [4.69, 9.17) is 0 Å². The van der Waals surface area contributed by atoms with E-state index in [0.717, 1.165) is 37.5 Å². The van der Waals surface area contributed by atoms with Gasteiger partial charge in [0.1, 0.15) is 11.6 Å². The zero-order chi connectivity index (χ0) is 24.0. The topological polar surface area (TPSA) is 95.5 Å². The molecule has 3 N–H and O–H groups in total. The van der Waals surface area contributed by atoms with E-state index in [2.05, 4.69) is 23.3 Å². The Kier molecular flexibility index (Phi) is 9.54. The number of hydrogen-bond donors (Lipinski definition) is 4. The van der Waals surface area contributed by atoms with Crippen molar-refractivity contribution in [3.63, 3.8) is 0 Å². The van der Waals surface area contributed by atoms with Crippen LogP contribution in [-0.2, 0) is 14.4 Å². The van der Waals surface area contributed by atoms with Crippen molar-refractivity contribution < 1.29 is 19.5 Å². The van der Waals surface area contributed by atoms with Crippen LogP contribution in [0, 0.1) is 23.7 Å². The first kappa shape index (κ1) is 26.4. The van der Waals surface area contributed by atoms with Crippen LogP contribution >= 0.6 is 12.6 Å². The summed E-state index contributed by atoms with van der Waals surface area (Å²) >= 11 is 4.40. The Balaban J connectivity index is 1.56. The molecule has 33 heavy (non-hydrogen) atoms. The molecule has 188 valence electrons. The average molecular weight is 481 g/mol. The SMILES string of the molecule is CC(C)C(S)C(=O)NC1(C(=O)NC(CC2CCC(C3CCCCC3)CC2)C(=O)O)CCCC1. The predicted molar refractivity (Wildman–Crippen MR) is 133 cm³/mol. The van der Waals surface area contributed by atoms with E-state index in [1.807, 2.05) is 13.8 Å². The Bertz CT molecular complexity index is 678. The van der Waals surface area contributed by atoms with Crippen molar-refractivity contribution in [1.29, 1.82) is 0 Å². The summed E-state index contributed by atoms with van der Waals surface area (Å²) in [6, 6.07) is -0.903. The molecule has 0 radical (unpaired) electrons. The molecular weight excluding hydrogens is 436 g/mol. The minimum absolute atomic E-state index is 0.0466. The quantitative estimate of drug-likeness (QED) is 0.359. The van der Waals surface area contributed by atoms with E-state index in [9.17, 15) is 19.5 Å². The lowest BCUT2D eigenvalue weighted by Crippen LogP contribution is -2.61. The van der Waals surface area contributed by atoms with Crippen LogP contribution in [0.4, 0.5) is 0 Å². The van der Waals surface area contributed by atoms with Crippen molar-refractivity contribution in [3.05, 3.63) is 0 Å². The standard InChI is InChI=1S/C26H44N2O4S/c1-17(2)22(33)23(29)28-26(14-6-7-15-26)25(32)27-21(24(30)31)16-18-10-12-20(13-11-18)19-8-4-3-5-9-19/h17-22,33H,3-16H2,1-2H3,(H,27,32)(H,28,29)(H,30,31). The first-order valence-electron chi connectivity index (χ1n) is 13.3. The van der Waals surface area contributed by atoms with Gasteiger partial charge in [0, 0.05) is 0 Å². The van der Waals surface area contributed by atoms with Crippen LogP contribution in [0.25, 0.3) is 0 Å². The number of nitrogens with one attached hydrogen (secondary N) is 2. The lowest BCUT2D eigenvalue weighted by atomic mass is 9.70. The average Bonchev–Trinajstić information content (AvgIpc) is 3.28. The van der Waals surface area contributed by atoms with E-state index in [0.29, 0.717) is 25.2 Å². The monoisotopic (exact) mass is 480 g/mol. The number of carboxylic acids is 1. The summed E-state index contributed by atoms with van der Waals surface area (Å²) in [5.41, 5.74) is -1.01. The number of hydrogen-bond acceptors (Lipinski definition) is 4.